The fraction of sp³-hybridized carbons (Fsp3) is 0.333. The van der Waals surface area contributed by atoms with Crippen LogP contribution in [-0.4, -0.2) is 45.8 Å². The van der Waals surface area contributed by atoms with Crippen molar-refractivity contribution >= 4 is 5.95 Å². The third-order valence-electron chi connectivity index (χ3n) is 5.40. The summed E-state index contributed by atoms with van der Waals surface area (Å²) in [6.07, 6.45) is 3.88. The summed E-state index contributed by atoms with van der Waals surface area (Å²) in [5.74, 6) is 1.55. The van der Waals surface area contributed by atoms with Gasteiger partial charge in [0.2, 0.25) is 5.95 Å². The number of para-hydroxylation sites is 1. The second-order valence-corrected chi connectivity index (χ2v) is 7.17. The minimum atomic E-state index is -0.142. The number of morpholine rings is 1. The molecule has 8 nitrogen and oxygen atoms in total. The molecule has 1 aromatic carbocycles. The maximum atomic E-state index is 12.6. The number of fused-ring (bicyclic) bond motifs is 1. The van der Waals surface area contributed by atoms with Gasteiger partial charge in [-0.05, 0) is 11.6 Å². The number of hydrogen-bond acceptors (Lipinski definition) is 7. The Morgan fingerprint density at radius 1 is 1.17 bits per heavy atom. The first-order valence-electron chi connectivity index (χ1n) is 9.66. The second-order valence-electron chi connectivity index (χ2n) is 7.17. The molecule has 0 spiro atoms. The van der Waals surface area contributed by atoms with Gasteiger partial charge in [0, 0.05) is 37.8 Å². The fourth-order valence-electron chi connectivity index (χ4n) is 3.90. The molecule has 1 fully saturated rings. The van der Waals surface area contributed by atoms with Crippen LogP contribution >= 0.6 is 0 Å². The second kappa shape index (κ2) is 7.29. The van der Waals surface area contributed by atoms with Crippen molar-refractivity contribution in [1.82, 2.24) is 19.5 Å². The Hall–Kier alpha value is -3.26. The zero-order chi connectivity index (χ0) is 19.8. The molecule has 3 aromatic rings. The van der Waals surface area contributed by atoms with Gasteiger partial charge in [0.1, 0.15) is 18.2 Å². The predicted octanol–water partition coefficient (Wildman–Crippen LogP) is 1.75. The molecule has 148 valence electrons. The van der Waals surface area contributed by atoms with Crippen molar-refractivity contribution in [3.8, 4) is 17.1 Å². The Kier molecular flexibility index (Phi) is 4.48. The molecule has 4 heterocycles. The van der Waals surface area contributed by atoms with Crippen LogP contribution in [0, 0.1) is 0 Å². The van der Waals surface area contributed by atoms with Gasteiger partial charge in [0.15, 0.2) is 0 Å². The molecule has 0 unspecified atom stereocenters. The van der Waals surface area contributed by atoms with E-state index >= 15 is 0 Å². The zero-order valence-electron chi connectivity index (χ0n) is 16.1. The number of anilines is 1. The molecule has 0 N–H and O–H groups in total. The van der Waals surface area contributed by atoms with E-state index in [-0.39, 0.29) is 11.7 Å². The van der Waals surface area contributed by atoms with Crippen LogP contribution < -0.4 is 15.2 Å². The van der Waals surface area contributed by atoms with Gasteiger partial charge in [0.25, 0.3) is 5.56 Å². The van der Waals surface area contributed by atoms with E-state index in [0.717, 1.165) is 17.7 Å². The van der Waals surface area contributed by atoms with E-state index in [4.69, 9.17) is 14.5 Å². The first-order valence-corrected chi connectivity index (χ1v) is 9.66. The van der Waals surface area contributed by atoms with Crippen LogP contribution in [0.15, 0.2) is 47.7 Å². The molecule has 0 bridgehead atoms. The average molecular weight is 391 g/mol. The molecule has 8 heteroatoms. The van der Waals surface area contributed by atoms with Crippen molar-refractivity contribution in [2.24, 2.45) is 7.05 Å². The highest BCUT2D eigenvalue weighted by Gasteiger charge is 2.29. The lowest BCUT2D eigenvalue weighted by Crippen LogP contribution is -2.41. The molecule has 0 saturated carbocycles. The average Bonchev–Trinajstić information content (AvgIpc) is 3.25. The summed E-state index contributed by atoms with van der Waals surface area (Å²) in [6.45, 7) is 2.50. The number of rotatable bonds is 3. The number of ether oxygens (including phenoxy) is 2. The molecular formula is C21H21N5O3. The summed E-state index contributed by atoms with van der Waals surface area (Å²) in [6, 6.07) is 9.46. The minimum Gasteiger partial charge on any atom is -0.493 e. The summed E-state index contributed by atoms with van der Waals surface area (Å²) in [5, 5.41) is 0. The van der Waals surface area contributed by atoms with Crippen LogP contribution in [0.4, 0.5) is 5.95 Å². The third kappa shape index (κ3) is 3.25. The molecular weight excluding hydrogens is 370 g/mol. The molecule has 2 aliphatic rings. The SMILES string of the molecule is Cn1c(N2CCO[C@@H](c3cccc4c3OCC4)C2)nc(-c2ccncn2)cc1=O. The summed E-state index contributed by atoms with van der Waals surface area (Å²) >= 11 is 0. The van der Waals surface area contributed by atoms with Crippen molar-refractivity contribution in [3.63, 3.8) is 0 Å². The molecule has 2 aliphatic heterocycles. The van der Waals surface area contributed by atoms with E-state index in [2.05, 4.69) is 33.1 Å². The van der Waals surface area contributed by atoms with E-state index in [1.165, 1.54) is 18.0 Å². The fourth-order valence-corrected chi connectivity index (χ4v) is 3.90. The predicted molar refractivity (Wildman–Crippen MR) is 107 cm³/mol. The lowest BCUT2D eigenvalue weighted by atomic mass is 10.0. The van der Waals surface area contributed by atoms with Gasteiger partial charge < -0.3 is 14.4 Å². The van der Waals surface area contributed by atoms with Crippen molar-refractivity contribution in [2.75, 3.05) is 31.2 Å². The van der Waals surface area contributed by atoms with Crippen molar-refractivity contribution in [2.45, 2.75) is 12.5 Å². The molecule has 29 heavy (non-hydrogen) atoms. The van der Waals surface area contributed by atoms with Gasteiger partial charge in [-0.3, -0.25) is 9.36 Å². The normalized spacial score (nSPS) is 18.4. The Morgan fingerprint density at radius 3 is 2.97 bits per heavy atom. The summed E-state index contributed by atoms with van der Waals surface area (Å²) in [5.41, 5.74) is 3.31. The molecule has 0 aliphatic carbocycles. The zero-order valence-corrected chi connectivity index (χ0v) is 16.1. The van der Waals surface area contributed by atoms with E-state index in [1.54, 1.807) is 23.9 Å². The topological polar surface area (TPSA) is 82.4 Å². The van der Waals surface area contributed by atoms with Gasteiger partial charge in [-0.25, -0.2) is 15.0 Å². The lowest BCUT2D eigenvalue weighted by molar-refractivity contribution is 0.0374. The van der Waals surface area contributed by atoms with Crippen molar-refractivity contribution < 1.29 is 9.47 Å². The summed E-state index contributed by atoms with van der Waals surface area (Å²) in [4.78, 5) is 27.6. The van der Waals surface area contributed by atoms with Crippen LogP contribution in [-0.2, 0) is 18.2 Å². The maximum Gasteiger partial charge on any atom is 0.255 e. The smallest absolute Gasteiger partial charge is 0.255 e. The largest absolute Gasteiger partial charge is 0.493 e. The van der Waals surface area contributed by atoms with Gasteiger partial charge in [0.05, 0.1) is 31.1 Å². The van der Waals surface area contributed by atoms with E-state index in [0.29, 0.717) is 43.6 Å². The van der Waals surface area contributed by atoms with Crippen LogP contribution in [0.25, 0.3) is 11.4 Å². The van der Waals surface area contributed by atoms with E-state index in [1.807, 2.05) is 0 Å². The summed E-state index contributed by atoms with van der Waals surface area (Å²) in [7, 11) is 1.74. The molecule has 0 radical (unpaired) electrons. The minimum absolute atomic E-state index is 0.129. The van der Waals surface area contributed by atoms with Gasteiger partial charge in [-0.2, -0.15) is 0 Å². The highest BCUT2D eigenvalue weighted by molar-refractivity contribution is 5.55. The number of benzene rings is 1. The third-order valence-corrected chi connectivity index (χ3v) is 5.40. The first kappa shape index (κ1) is 17.8. The lowest BCUT2D eigenvalue weighted by Gasteiger charge is -2.35. The van der Waals surface area contributed by atoms with Gasteiger partial charge >= 0.3 is 0 Å². The Bertz CT molecular complexity index is 1100. The van der Waals surface area contributed by atoms with Crippen LogP contribution in [0.1, 0.15) is 17.2 Å². The highest BCUT2D eigenvalue weighted by atomic mass is 16.5. The van der Waals surface area contributed by atoms with Crippen molar-refractivity contribution in [1.29, 1.82) is 0 Å². The van der Waals surface area contributed by atoms with Gasteiger partial charge in [-0.1, -0.05) is 18.2 Å². The van der Waals surface area contributed by atoms with Crippen LogP contribution in [0.3, 0.4) is 0 Å². The van der Waals surface area contributed by atoms with Crippen LogP contribution in [0.5, 0.6) is 5.75 Å². The quantitative estimate of drug-likeness (QED) is 0.673. The van der Waals surface area contributed by atoms with Crippen LogP contribution in [0.2, 0.25) is 0 Å². The maximum absolute atomic E-state index is 12.6. The Labute approximate surface area is 167 Å². The first-order chi connectivity index (χ1) is 14.2. The molecule has 0 amide bonds. The number of hydrogen-bond donors (Lipinski definition) is 0. The van der Waals surface area contributed by atoms with E-state index < -0.39 is 0 Å². The number of aromatic nitrogens is 4. The highest BCUT2D eigenvalue weighted by Crippen LogP contribution is 2.36. The summed E-state index contributed by atoms with van der Waals surface area (Å²) < 4.78 is 13.5. The van der Waals surface area contributed by atoms with E-state index in [9.17, 15) is 4.79 Å². The molecule has 5 rings (SSSR count). The monoisotopic (exact) mass is 391 g/mol. The molecule has 1 atom stereocenters. The number of nitrogens with zero attached hydrogens (tertiary/aromatic N) is 5. The standard InChI is InChI=1S/C21H21N5O3/c1-25-19(27)11-17(16-5-7-22-13-23-16)24-21(25)26-8-10-28-18(12-26)15-4-2-3-14-6-9-29-20(14)15/h2-5,7,11,13,18H,6,8-10,12H2,1H3/t18-/m1/s1. The molecule has 1 saturated heterocycles. The van der Waals surface area contributed by atoms with Crippen molar-refractivity contribution in [3.05, 3.63) is 64.3 Å². The van der Waals surface area contributed by atoms with Gasteiger partial charge in [-0.15, -0.1) is 0 Å². The molecule has 2 aromatic heterocycles. The Balaban J connectivity index is 1.49. The Morgan fingerprint density at radius 2 is 2.10 bits per heavy atom.